The predicted molar refractivity (Wildman–Crippen MR) is 110 cm³/mol. The van der Waals surface area contributed by atoms with E-state index in [0.29, 0.717) is 0 Å². The van der Waals surface area contributed by atoms with Crippen LogP contribution in [0.1, 0.15) is 42.1 Å². The van der Waals surface area contributed by atoms with Gasteiger partial charge in [-0.05, 0) is 69.0 Å². The van der Waals surface area contributed by atoms with Crippen LogP contribution in [0.25, 0.3) is 0 Å². The molecule has 0 radical (unpaired) electrons. The van der Waals surface area contributed by atoms with E-state index < -0.39 is 33.6 Å². The average Bonchev–Trinajstić information content (AvgIpc) is 2.59. The number of hydrogen-bond donors (Lipinski definition) is 1. The maximum absolute atomic E-state index is 13.6. The van der Waals surface area contributed by atoms with Crippen molar-refractivity contribution < 1.29 is 22.0 Å². The summed E-state index contributed by atoms with van der Waals surface area (Å²) in [5.41, 5.74) is 4.03. The Bertz CT molecular complexity index is 1040. The van der Waals surface area contributed by atoms with Gasteiger partial charge in [0.2, 0.25) is 15.9 Å². The lowest BCUT2D eigenvalue weighted by Crippen LogP contribution is -2.48. The van der Waals surface area contributed by atoms with Crippen LogP contribution in [0.3, 0.4) is 0 Å². The third kappa shape index (κ3) is 5.12. The Morgan fingerprint density at radius 1 is 0.966 bits per heavy atom. The molecule has 5 nitrogen and oxygen atoms in total. The van der Waals surface area contributed by atoms with Crippen molar-refractivity contribution in [2.75, 3.05) is 10.6 Å². The van der Waals surface area contributed by atoms with Crippen molar-refractivity contribution in [2.45, 2.75) is 46.7 Å². The Hall–Kier alpha value is -2.48. The highest BCUT2D eigenvalue weighted by molar-refractivity contribution is 7.92. The first-order valence-corrected chi connectivity index (χ1v) is 11.0. The Morgan fingerprint density at radius 2 is 1.55 bits per heavy atom. The van der Waals surface area contributed by atoms with Gasteiger partial charge in [0.05, 0.1) is 18.0 Å². The maximum Gasteiger partial charge on any atom is 0.244 e. The van der Waals surface area contributed by atoms with E-state index in [9.17, 15) is 22.0 Å². The van der Waals surface area contributed by atoms with E-state index in [1.54, 1.807) is 0 Å². The van der Waals surface area contributed by atoms with Crippen LogP contribution in [0.15, 0.2) is 30.3 Å². The fourth-order valence-electron chi connectivity index (χ4n) is 3.29. The summed E-state index contributed by atoms with van der Waals surface area (Å²) in [6.45, 7) is 9.13. The minimum atomic E-state index is -3.93. The van der Waals surface area contributed by atoms with Crippen molar-refractivity contribution >= 4 is 21.6 Å². The molecule has 0 fully saturated rings. The summed E-state index contributed by atoms with van der Waals surface area (Å²) in [5, 5.41) is 2.82. The van der Waals surface area contributed by atoms with E-state index in [1.165, 1.54) is 6.92 Å². The number of carbonyl (C=O) groups is 1. The first-order valence-electron chi connectivity index (χ1n) is 9.15. The molecular weight excluding hydrogens is 398 g/mol. The third-order valence-corrected chi connectivity index (χ3v) is 6.20. The minimum Gasteiger partial charge on any atom is -0.348 e. The predicted octanol–water partition coefficient (Wildman–Crippen LogP) is 3.92. The topological polar surface area (TPSA) is 66.5 Å². The number of nitrogens with one attached hydrogen (secondary N) is 1. The van der Waals surface area contributed by atoms with Crippen LogP contribution in [-0.4, -0.2) is 26.6 Å². The van der Waals surface area contributed by atoms with Crippen LogP contribution in [0.4, 0.5) is 14.5 Å². The van der Waals surface area contributed by atoms with E-state index >= 15 is 0 Å². The molecule has 8 heteroatoms. The number of halogens is 2. The van der Waals surface area contributed by atoms with E-state index in [1.807, 2.05) is 39.8 Å². The van der Waals surface area contributed by atoms with Crippen molar-refractivity contribution in [1.82, 2.24) is 5.32 Å². The highest BCUT2D eigenvalue weighted by atomic mass is 32.2. The van der Waals surface area contributed by atoms with Gasteiger partial charge in [-0.15, -0.1) is 0 Å². The summed E-state index contributed by atoms with van der Waals surface area (Å²) in [7, 11) is -3.93. The molecule has 2 rings (SSSR count). The molecule has 0 saturated carbocycles. The van der Waals surface area contributed by atoms with Crippen LogP contribution in [-0.2, 0) is 14.8 Å². The molecule has 0 spiro atoms. The largest absolute Gasteiger partial charge is 0.348 e. The molecule has 2 atom stereocenters. The molecule has 2 unspecified atom stereocenters. The van der Waals surface area contributed by atoms with E-state index in [0.717, 1.165) is 51.0 Å². The molecule has 0 aliphatic rings. The Kier molecular flexibility index (Phi) is 6.67. The lowest BCUT2D eigenvalue weighted by Gasteiger charge is -2.29. The number of amides is 1. The van der Waals surface area contributed by atoms with Gasteiger partial charge in [0.25, 0.3) is 0 Å². The summed E-state index contributed by atoms with van der Waals surface area (Å²) in [5.74, 6) is -2.84. The summed E-state index contributed by atoms with van der Waals surface area (Å²) < 4.78 is 52.3. The molecule has 1 amide bonds. The van der Waals surface area contributed by atoms with Crippen LogP contribution < -0.4 is 9.62 Å². The summed E-state index contributed by atoms with van der Waals surface area (Å²) >= 11 is 0. The molecule has 1 N–H and O–H groups in total. The molecule has 0 aliphatic heterocycles. The van der Waals surface area contributed by atoms with Gasteiger partial charge in [-0.1, -0.05) is 12.1 Å². The number of nitrogens with zero attached hydrogens (tertiary/aromatic N) is 1. The maximum atomic E-state index is 13.6. The molecule has 2 aromatic rings. The Balaban J connectivity index is 2.32. The first-order chi connectivity index (χ1) is 13.3. The van der Waals surface area contributed by atoms with Gasteiger partial charge in [0.1, 0.15) is 6.04 Å². The Morgan fingerprint density at radius 3 is 2.10 bits per heavy atom. The Labute approximate surface area is 170 Å². The van der Waals surface area contributed by atoms with Crippen molar-refractivity contribution in [1.29, 1.82) is 0 Å². The van der Waals surface area contributed by atoms with Crippen LogP contribution in [0.5, 0.6) is 0 Å². The monoisotopic (exact) mass is 424 g/mol. The second kappa shape index (κ2) is 8.49. The smallest absolute Gasteiger partial charge is 0.244 e. The van der Waals surface area contributed by atoms with Crippen molar-refractivity contribution in [2.24, 2.45) is 0 Å². The molecular formula is C21H26F2N2O3S. The second-order valence-electron chi connectivity index (χ2n) is 7.36. The number of anilines is 1. The molecule has 0 heterocycles. The van der Waals surface area contributed by atoms with Crippen molar-refractivity contribution in [3.63, 3.8) is 0 Å². The van der Waals surface area contributed by atoms with E-state index in [-0.39, 0.29) is 11.7 Å². The molecule has 158 valence electrons. The van der Waals surface area contributed by atoms with Gasteiger partial charge in [-0.2, -0.15) is 0 Å². The normalized spacial score (nSPS) is 13.7. The van der Waals surface area contributed by atoms with Gasteiger partial charge in [0.15, 0.2) is 11.6 Å². The second-order valence-corrected chi connectivity index (χ2v) is 9.22. The quantitative estimate of drug-likeness (QED) is 0.764. The number of aryl methyl sites for hydroxylation is 3. The fraction of sp³-hybridized carbons (Fsp3) is 0.381. The van der Waals surface area contributed by atoms with Gasteiger partial charge in [0, 0.05) is 6.07 Å². The number of carbonyl (C=O) groups excluding carboxylic acids is 1. The van der Waals surface area contributed by atoms with E-state index in [2.05, 4.69) is 5.32 Å². The fourth-order valence-corrected chi connectivity index (χ4v) is 4.46. The number of benzene rings is 2. The zero-order valence-electron chi connectivity index (χ0n) is 17.4. The van der Waals surface area contributed by atoms with Crippen molar-refractivity contribution in [3.8, 4) is 0 Å². The van der Waals surface area contributed by atoms with Crippen LogP contribution in [0, 0.1) is 32.4 Å². The summed E-state index contributed by atoms with van der Waals surface area (Å²) in [4.78, 5) is 12.8. The van der Waals surface area contributed by atoms with Crippen LogP contribution >= 0.6 is 0 Å². The highest BCUT2D eigenvalue weighted by Crippen LogP contribution is 2.25. The zero-order valence-corrected chi connectivity index (χ0v) is 18.2. The van der Waals surface area contributed by atoms with E-state index in [4.69, 9.17) is 0 Å². The lowest BCUT2D eigenvalue weighted by atomic mass is 9.96. The molecule has 29 heavy (non-hydrogen) atoms. The lowest BCUT2D eigenvalue weighted by molar-refractivity contribution is -0.122. The van der Waals surface area contributed by atoms with Gasteiger partial charge in [-0.3, -0.25) is 9.10 Å². The van der Waals surface area contributed by atoms with Gasteiger partial charge in [-0.25, -0.2) is 17.2 Å². The van der Waals surface area contributed by atoms with Crippen molar-refractivity contribution in [3.05, 3.63) is 64.2 Å². The highest BCUT2D eigenvalue weighted by Gasteiger charge is 2.30. The molecule has 0 aliphatic carbocycles. The van der Waals surface area contributed by atoms with Gasteiger partial charge >= 0.3 is 0 Å². The third-order valence-electron chi connectivity index (χ3n) is 4.95. The summed E-state index contributed by atoms with van der Waals surface area (Å²) in [6.07, 6.45) is 0.912. The zero-order chi connectivity index (χ0) is 22.1. The van der Waals surface area contributed by atoms with Crippen LogP contribution in [0.2, 0.25) is 0 Å². The van der Waals surface area contributed by atoms with Gasteiger partial charge < -0.3 is 5.32 Å². The molecule has 2 aromatic carbocycles. The molecule has 0 bridgehead atoms. The minimum absolute atomic E-state index is 0.121. The first kappa shape index (κ1) is 22.8. The SMILES string of the molecule is Cc1cc(C)c(C(C)NC(=O)C(C)N(c2ccc(F)c(F)c2)S(C)(=O)=O)cc1C. The molecule has 0 saturated heterocycles. The molecule has 0 aromatic heterocycles. The number of sulfonamides is 1. The number of rotatable bonds is 6. The average molecular weight is 425 g/mol. The summed E-state index contributed by atoms with van der Waals surface area (Å²) in [6, 6.07) is 5.20. The number of hydrogen-bond acceptors (Lipinski definition) is 3. The standard InChI is InChI=1S/C21H26F2N2O3S/c1-12-9-14(3)18(10-13(12)2)15(4)24-21(26)16(5)25(29(6,27)28)17-7-8-19(22)20(23)11-17/h7-11,15-16H,1-6H3,(H,24,26).